The van der Waals surface area contributed by atoms with E-state index in [1.165, 1.54) is 12.0 Å². The van der Waals surface area contributed by atoms with Crippen LogP contribution in [0.25, 0.3) is 5.69 Å². The molecule has 0 aliphatic rings. The first-order valence-electron chi connectivity index (χ1n) is 7.21. The second-order valence-electron chi connectivity index (χ2n) is 6.07. The fraction of sp³-hybridized carbons (Fsp3) is 0.353. The topological polar surface area (TPSA) is 54.7 Å². The van der Waals surface area contributed by atoms with Crippen molar-refractivity contribution in [2.45, 2.75) is 19.4 Å². The van der Waals surface area contributed by atoms with Crippen LogP contribution in [0.5, 0.6) is 5.75 Å². The molecule has 0 aliphatic carbocycles. The molecule has 2 rings (SSSR count). The number of methoxy groups -OCH3 is 1. The Bertz CT molecular complexity index is 691. The average molecular weight is 337 g/mol. The van der Waals surface area contributed by atoms with Gasteiger partial charge in [-0.3, -0.25) is 4.79 Å². The number of likely N-dealkylation sites (N-methyl/N-ethyl adjacent to an activating group) is 1. The molecule has 5 nitrogen and oxygen atoms in total. The van der Waals surface area contributed by atoms with Crippen molar-refractivity contribution in [3.8, 4) is 11.4 Å². The highest BCUT2D eigenvalue weighted by molar-refractivity contribution is 6.33. The molecular weight excluding hydrogens is 316 g/mol. The Morgan fingerprint density at radius 1 is 1.35 bits per heavy atom. The van der Waals surface area contributed by atoms with Gasteiger partial charge in [0, 0.05) is 32.1 Å². The summed E-state index contributed by atoms with van der Waals surface area (Å²) in [6, 6.07) is 7.10. The number of amides is 1. The molecule has 2 aromatic rings. The summed E-state index contributed by atoms with van der Waals surface area (Å²) in [5, 5.41) is 10.3. The Balaban J connectivity index is 2.39. The normalized spacial score (nSPS) is 11.4. The molecule has 0 atom stereocenters. The maximum atomic E-state index is 12.6. The molecule has 1 aromatic heterocycles. The molecule has 1 N–H and O–H groups in total. The highest BCUT2D eigenvalue weighted by Gasteiger charge is 2.24. The Morgan fingerprint density at radius 3 is 2.48 bits per heavy atom. The Labute approximate surface area is 141 Å². The number of aromatic nitrogens is 1. The van der Waals surface area contributed by atoms with E-state index >= 15 is 0 Å². The predicted octanol–water partition coefficient (Wildman–Crippen LogP) is 2.98. The Kier molecular flexibility index (Phi) is 5.02. The van der Waals surface area contributed by atoms with Gasteiger partial charge in [-0.1, -0.05) is 11.6 Å². The standard InChI is InChI=1S/C17H21ClN2O3/c1-17(2,22)11-19(3)16(21)12-9-13(18)14(10-15(12)23-4)20-7-5-6-8-20/h5-10,22H,11H2,1-4H3. The number of aliphatic hydroxyl groups is 1. The molecule has 0 bridgehead atoms. The summed E-state index contributed by atoms with van der Waals surface area (Å²) in [7, 11) is 3.14. The number of hydrogen-bond donors (Lipinski definition) is 1. The van der Waals surface area contributed by atoms with Crippen LogP contribution in [0.3, 0.4) is 0 Å². The number of hydrogen-bond acceptors (Lipinski definition) is 3. The van der Waals surface area contributed by atoms with Crippen LogP contribution in [0, 0.1) is 0 Å². The van der Waals surface area contributed by atoms with Crippen LogP contribution >= 0.6 is 11.6 Å². The number of rotatable bonds is 5. The molecular formula is C17H21ClN2O3. The molecule has 0 radical (unpaired) electrons. The summed E-state index contributed by atoms with van der Waals surface area (Å²) >= 11 is 6.34. The van der Waals surface area contributed by atoms with Gasteiger partial charge in [0.1, 0.15) is 5.75 Å². The zero-order chi connectivity index (χ0) is 17.2. The smallest absolute Gasteiger partial charge is 0.257 e. The minimum Gasteiger partial charge on any atom is -0.496 e. The lowest BCUT2D eigenvalue weighted by molar-refractivity contribution is 0.0366. The lowest BCUT2D eigenvalue weighted by atomic mass is 10.1. The van der Waals surface area contributed by atoms with Crippen LogP contribution in [-0.4, -0.2) is 46.8 Å². The van der Waals surface area contributed by atoms with Crippen molar-refractivity contribution in [2.24, 2.45) is 0 Å². The molecule has 0 spiro atoms. The zero-order valence-electron chi connectivity index (χ0n) is 13.7. The summed E-state index contributed by atoms with van der Waals surface area (Å²) < 4.78 is 7.21. The van der Waals surface area contributed by atoms with Gasteiger partial charge >= 0.3 is 0 Å². The summed E-state index contributed by atoms with van der Waals surface area (Å²) in [6.07, 6.45) is 3.73. The largest absolute Gasteiger partial charge is 0.496 e. The maximum absolute atomic E-state index is 12.6. The second kappa shape index (κ2) is 6.64. The summed E-state index contributed by atoms with van der Waals surface area (Å²) in [6.45, 7) is 3.50. The molecule has 1 heterocycles. The van der Waals surface area contributed by atoms with Gasteiger partial charge in [-0.05, 0) is 32.0 Å². The molecule has 0 aliphatic heterocycles. The van der Waals surface area contributed by atoms with Gasteiger partial charge < -0.3 is 19.3 Å². The van der Waals surface area contributed by atoms with Crippen molar-refractivity contribution in [3.05, 3.63) is 47.2 Å². The lowest BCUT2D eigenvalue weighted by Gasteiger charge is -2.26. The van der Waals surface area contributed by atoms with Crippen LogP contribution < -0.4 is 4.74 Å². The molecule has 0 fully saturated rings. The fourth-order valence-corrected chi connectivity index (χ4v) is 2.69. The molecule has 1 amide bonds. The number of benzene rings is 1. The number of ether oxygens (including phenoxy) is 1. The van der Waals surface area contributed by atoms with Crippen molar-refractivity contribution in [1.29, 1.82) is 0 Å². The monoisotopic (exact) mass is 336 g/mol. The van der Waals surface area contributed by atoms with E-state index in [-0.39, 0.29) is 12.5 Å². The number of halogens is 1. The van der Waals surface area contributed by atoms with Crippen LogP contribution in [0.15, 0.2) is 36.7 Å². The van der Waals surface area contributed by atoms with Crippen LogP contribution in [0.1, 0.15) is 24.2 Å². The first-order valence-corrected chi connectivity index (χ1v) is 7.59. The molecule has 0 saturated heterocycles. The highest BCUT2D eigenvalue weighted by atomic mass is 35.5. The zero-order valence-corrected chi connectivity index (χ0v) is 14.5. The van der Waals surface area contributed by atoms with Gasteiger partial charge in [0.05, 0.1) is 29.0 Å². The number of nitrogens with zero attached hydrogens (tertiary/aromatic N) is 2. The van der Waals surface area contributed by atoms with Crippen molar-refractivity contribution >= 4 is 17.5 Å². The first kappa shape index (κ1) is 17.4. The summed E-state index contributed by atoms with van der Waals surface area (Å²) in [5.74, 6) is 0.177. The first-order chi connectivity index (χ1) is 10.7. The third-order valence-corrected chi connectivity index (χ3v) is 3.66. The third-order valence-electron chi connectivity index (χ3n) is 3.35. The van der Waals surface area contributed by atoms with E-state index in [0.29, 0.717) is 16.3 Å². The molecule has 0 unspecified atom stereocenters. The molecule has 1 aromatic carbocycles. The van der Waals surface area contributed by atoms with E-state index in [0.717, 1.165) is 5.69 Å². The van der Waals surface area contributed by atoms with Gasteiger partial charge in [-0.2, -0.15) is 0 Å². The van der Waals surface area contributed by atoms with Crippen LogP contribution in [-0.2, 0) is 0 Å². The van der Waals surface area contributed by atoms with Gasteiger partial charge in [0.2, 0.25) is 0 Å². The minimum absolute atomic E-state index is 0.200. The van der Waals surface area contributed by atoms with E-state index < -0.39 is 5.60 Å². The van der Waals surface area contributed by atoms with Gasteiger partial charge in [-0.25, -0.2) is 0 Å². The fourth-order valence-electron chi connectivity index (χ4n) is 2.43. The quantitative estimate of drug-likeness (QED) is 0.913. The van der Waals surface area contributed by atoms with Crippen LogP contribution in [0.2, 0.25) is 5.02 Å². The minimum atomic E-state index is -0.980. The second-order valence-corrected chi connectivity index (χ2v) is 6.48. The summed E-state index contributed by atoms with van der Waals surface area (Å²) in [4.78, 5) is 14.1. The van der Waals surface area contributed by atoms with E-state index in [9.17, 15) is 9.90 Å². The lowest BCUT2D eigenvalue weighted by Crippen LogP contribution is -2.39. The highest BCUT2D eigenvalue weighted by Crippen LogP contribution is 2.30. The summed E-state index contributed by atoms with van der Waals surface area (Å²) in [5.41, 5.74) is 0.113. The molecule has 124 valence electrons. The van der Waals surface area contributed by atoms with Gasteiger partial charge in [-0.15, -0.1) is 0 Å². The van der Waals surface area contributed by atoms with Crippen molar-refractivity contribution in [2.75, 3.05) is 20.7 Å². The molecule has 0 saturated carbocycles. The Hall–Kier alpha value is -1.98. The average Bonchev–Trinajstić information content (AvgIpc) is 2.98. The maximum Gasteiger partial charge on any atom is 0.257 e. The van der Waals surface area contributed by atoms with Gasteiger partial charge in [0.15, 0.2) is 0 Å². The number of carbonyl (C=O) groups is 1. The van der Waals surface area contributed by atoms with Crippen molar-refractivity contribution in [3.63, 3.8) is 0 Å². The van der Waals surface area contributed by atoms with Crippen LogP contribution in [0.4, 0.5) is 0 Å². The van der Waals surface area contributed by atoms with Crippen molar-refractivity contribution < 1.29 is 14.6 Å². The van der Waals surface area contributed by atoms with E-state index in [1.807, 2.05) is 29.1 Å². The predicted molar refractivity (Wildman–Crippen MR) is 90.6 cm³/mol. The Morgan fingerprint density at radius 2 is 1.96 bits per heavy atom. The third kappa shape index (κ3) is 4.06. The SMILES string of the molecule is COc1cc(-n2cccc2)c(Cl)cc1C(=O)N(C)CC(C)(C)O. The van der Waals surface area contributed by atoms with Gasteiger partial charge in [0.25, 0.3) is 5.91 Å². The molecule has 23 heavy (non-hydrogen) atoms. The van der Waals surface area contributed by atoms with E-state index in [1.54, 1.807) is 33.0 Å². The van der Waals surface area contributed by atoms with E-state index in [2.05, 4.69) is 0 Å². The van der Waals surface area contributed by atoms with Crippen molar-refractivity contribution in [1.82, 2.24) is 9.47 Å². The number of carbonyl (C=O) groups excluding carboxylic acids is 1. The molecule has 6 heteroatoms. The van der Waals surface area contributed by atoms with E-state index in [4.69, 9.17) is 16.3 Å².